The van der Waals surface area contributed by atoms with Crippen LogP contribution in [0.2, 0.25) is 0 Å². The Morgan fingerprint density at radius 3 is 2.56 bits per heavy atom. The van der Waals surface area contributed by atoms with Crippen LogP contribution in [0.3, 0.4) is 0 Å². The van der Waals surface area contributed by atoms with Gasteiger partial charge in [0.2, 0.25) is 0 Å². The first-order chi connectivity index (χ1) is 8.48. The van der Waals surface area contributed by atoms with Crippen molar-refractivity contribution in [1.29, 1.82) is 0 Å². The molecule has 102 valence electrons. The maximum absolute atomic E-state index is 5.77. The average molecular weight is 248 g/mol. The second-order valence-electron chi connectivity index (χ2n) is 5.89. The van der Waals surface area contributed by atoms with Gasteiger partial charge in [-0.15, -0.1) is 0 Å². The van der Waals surface area contributed by atoms with Crippen LogP contribution in [-0.2, 0) is 0 Å². The van der Waals surface area contributed by atoms with Crippen molar-refractivity contribution in [3.05, 3.63) is 29.8 Å². The molecule has 0 saturated heterocycles. The molecule has 0 radical (unpaired) electrons. The normalized spacial score (nSPS) is 11.6. The predicted molar refractivity (Wildman–Crippen MR) is 81.1 cm³/mol. The molecule has 0 aromatic heterocycles. The summed E-state index contributed by atoms with van der Waals surface area (Å²) in [7, 11) is 0. The van der Waals surface area contributed by atoms with Crippen molar-refractivity contribution in [3.63, 3.8) is 0 Å². The third-order valence-electron chi connectivity index (χ3n) is 3.58. The Hall–Kier alpha value is -1.02. The van der Waals surface area contributed by atoms with E-state index in [1.165, 1.54) is 24.1 Å². The molecule has 1 rings (SSSR count). The number of hydrogen-bond donors (Lipinski definition) is 1. The number of anilines is 1. The van der Waals surface area contributed by atoms with E-state index in [0.29, 0.717) is 0 Å². The Morgan fingerprint density at radius 1 is 1.28 bits per heavy atom. The SMILES string of the molecule is CCN(CCCC(C)(C)CN)c1cccc(C)c1. The molecule has 0 bridgehead atoms. The van der Waals surface area contributed by atoms with E-state index in [1.54, 1.807) is 0 Å². The summed E-state index contributed by atoms with van der Waals surface area (Å²) in [5, 5.41) is 0. The molecule has 0 saturated carbocycles. The van der Waals surface area contributed by atoms with E-state index in [0.717, 1.165) is 19.6 Å². The summed E-state index contributed by atoms with van der Waals surface area (Å²) in [4.78, 5) is 2.44. The standard InChI is InChI=1S/C16H28N2/c1-5-18(11-7-10-16(3,4)13-17)15-9-6-8-14(2)12-15/h6,8-9,12H,5,7,10-11,13,17H2,1-4H3. The van der Waals surface area contributed by atoms with Gasteiger partial charge in [0.15, 0.2) is 0 Å². The maximum Gasteiger partial charge on any atom is 0.0368 e. The molecular weight excluding hydrogens is 220 g/mol. The summed E-state index contributed by atoms with van der Waals surface area (Å²) < 4.78 is 0. The van der Waals surface area contributed by atoms with Gasteiger partial charge in [0.25, 0.3) is 0 Å². The Bertz CT molecular complexity index is 358. The molecule has 1 aromatic rings. The fraction of sp³-hybridized carbons (Fsp3) is 0.625. The first-order valence-electron chi connectivity index (χ1n) is 7.00. The fourth-order valence-corrected chi connectivity index (χ4v) is 2.14. The van der Waals surface area contributed by atoms with Gasteiger partial charge in [0.05, 0.1) is 0 Å². The van der Waals surface area contributed by atoms with Crippen LogP contribution in [0.15, 0.2) is 24.3 Å². The molecule has 0 spiro atoms. The zero-order valence-corrected chi connectivity index (χ0v) is 12.4. The highest BCUT2D eigenvalue weighted by Crippen LogP contribution is 2.22. The van der Waals surface area contributed by atoms with Crippen molar-refractivity contribution >= 4 is 5.69 Å². The van der Waals surface area contributed by atoms with Crippen LogP contribution < -0.4 is 10.6 Å². The van der Waals surface area contributed by atoms with Gasteiger partial charge in [-0.25, -0.2) is 0 Å². The summed E-state index contributed by atoms with van der Waals surface area (Å²) >= 11 is 0. The molecule has 2 N–H and O–H groups in total. The Balaban J connectivity index is 2.53. The van der Waals surface area contributed by atoms with Crippen LogP contribution >= 0.6 is 0 Å². The maximum atomic E-state index is 5.77. The number of aryl methyl sites for hydroxylation is 1. The van der Waals surface area contributed by atoms with Crippen molar-refractivity contribution in [3.8, 4) is 0 Å². The largest absolute Gasteiger partial charge is 0.372 e. The van der Waals surface area contributed by atoms with Crippen LogP contribution in [0.1, 0.15) is 39.2 Å². The van der Waals surface area contributed by atoms with Gasteiger partial charge in [-0.05, 0) is 56.3 Å². The van der Waals surface area contributed by atoms with Gasteiger partial charge < -0.3 is 10.6 Å². The van der Waals surface area contributed by atoms with Gasteiger partial charge in [-0.2, -0.15) is 0 Å². The topological polar surface area (TPSA) is 29.3 Å². The molecule has 0 aliphatic carbocycles. The molecule has 0 atom stereocenters. The molecule has 2 heteroatoms. The Morgan fingerprint density at radius 2 is 2.00 bits per heavy atom. The molecule has 18 heavy (non-hydrogen) atoms. The minimum Gasteiger partial charge on any atom is -0.372 e. The second kappa shape index (κ2) is 6.79. The molecule has 1 aromatic carbocycles. The van der Waals surface area contributed by atoms with Crippen LogP contribution in [-0.4, -0.2) is 19.6 Å². The molecule has 2 nitrogen and oxygen atoms in total. The molecular formula is C16H28N2. The zero-order chi connectivity index (χ0) is 13.6. The first-order valence-corrected chi connectivity index (χ1v) is 7.00. The lowest BCUT2D eigenvalue weighted by molar-refractivity contribution is 0.338. The number of hydrogen-bond acceptors (Lipinski definition) is 2. The summed E-state index contributed by atoms with van der Waals surface area (Å²) in [6, 6.07) is 8.74. The zero-order valence-electron chi connectivity index (χ0n) is 12.4. The molecule has 0 amide bonds. The van der Waals surface area contributed by atoms with Crippen molar-refractivity contribution in [2.75, 3.05) is 24.5 Å². The minimum absolute atomic E-state index is 0.270. The highest BCUT2D eigenvalue weighted by atomic mass is 15.1. The van der Waals surface area contributed by atoms with Gasteiger partial charge in [-0.3, -0.25) is 0 Å². The summed E-state index contributed by atoms with van der Waals surface area (Å²) in [5.74, 6) is 0. The predicted octanol–water partition coefficient (Wildman–Crippen LogP) is 3.59. The molecule has 0 fully saturated rings. The minimum atomic E-state index is 0.270. The number of nitrogens with zero attached hydrogens (tertiary/aromatic N) is 1. The van der Waals surface area contributed by atoms with Crippen molar-refractivity contribution in [2.24, 2.45) is 11.1 Å². The Kier molecular flexibility index (Phi) is 5.67. The second-order valence-corrected chi connectivity index (χ2v) is 5.89. The van der Waals surface area contributed by atoms with Crippen LogP contribution in [0.25, 0.3) is 0 Å². The van der Waals surface area contributed by atoms with Crippen molar-refractivity contribution in [1.82, 2.24) is 0 Å². The van der Waals surface area contributed by atoms with E-state index in [1.807, 2.05) is 0 Å². The van der Waals surface area contributed by atoms with Crippen LogP contribution in [0, 0.1) is 12.3 Å². The van der Waals surface area contributed by atoms with E-state index in [4.69, 9.17) is 5.73 Å². The average Bonchev–Trinajstić information content (AvgIpc) is 2.34. The van der Waals surface area contributed by atoms with E-state index in [9.17, 15) is 0 Å². The van der Waals surface area contributed by atoms with E-state index in [2.05, 4.69) is 56.9 Å². The molecule has 0 aliphatic heterocycles. The van der Waals surface area contributed by atoms with Crippen molar-refractivity contribution < 1.29 is 0 Å². The van der Waals surface area contributed by atoms with Crippen molar-refractivity contribution in [2.45, 2.75) is 40.5 Å². The highest BCUT2D eigenvalue weighted by molar-refractivity contribution is 5.48. The molecule has 0 heterocycles. The lowest BCUT2D eigenvalue weighted by atomic mass is 9.88. The molecule has 0 unspecified atom stereocenters. The van der Waals surface area contributed by atoms with Crippen LogP contribution in [0.5, 0.6) is 0 Å². The van der Waals surface area contributed by atoms with E-state index in [-0.39, 0.29) is 5.41 Å². The third-order valence-corrected chi connectivity index (χ3v) is 3.58. The monoisotopic (exact) mass is 248 g/mol. The van der Waals surface area contributed by atoms with Gasteiger partial charge in [0, 0.05) is 18.8 Å². The first kappa shape index (κ1) is 15.0. The van der Waals surface area contributed by atoms with E-state index >= 15 is 0 Å². The fourth-order valence-electron chi connectivity index (χ4n) is 2.14. The Labute approximate surface area is 112 Å². The van der Waals surface area contributed by atoms with Gasteiger partial charge in [0.1, 0.15) is 0 Å². The smallest absolute Gasteiger partial charge is 0.0368 e. The third kappa shape index (κ3) is 4.69. The van der Waals surface area contributed by atoms with Crippen LogP contribution in [0.4, 0.5) is 5.69 Å². The summed E-state index contributed by atoms with van der Waals surface area (Å²) in [6.45, 7) is 11.8. The van der Waals surface area contributed by atoms with Gasteiger partial charge >= 0.3 is 0 Å². The highest BCUT2D eigenvalue weighted by Gasteiger charge is 2.15. The van der Waals surface area contributed by atoms with E-state index < -0.39 is 0 Å². The number of rotatable bonds is 7. The molecule has 0 aliphatic rings. The lowest BCUT2D eigenvalue weighted by Gasteiger charge is -2.27. The van der Waals surface area contributed by atoms with Gasteiger partial charge in [-0.1, -0.05) is 26.0 Å². The summed E-state index contributed by atoms with van der Waals surface area (Å²) in [5.41, 5.74) is 8.71. The summed E-state index contributed by atoms with van der Waals surface area (Å²) in [6.07, 6.45) is 2.39. The number of nitrogens with two attached hydrogens (primary N) is 1. The number of benzene rings is 1. The lowest BCUT2D eigenvalue weighted by Crippen LogP contribution is -2.28. The quantitative estimate of drug-likeness (QED) is 0.799.